The number of imidazole rings is 1. The van der Waals surface area contributed by atoms with Gasteiger partial charge >= 0.3 is 0 Å². The second kappa shape index (κ2) is 5.31. The average Bonchev–Trinajstić information content (AvgIpc) is 2.58. The molecule has 3 heteroatoms. The second-order valence-corrected chi connectivity index (χ2v) is 4.60. The minimum atomic E-state index is 0.496. The van der Waals surface area contributed by atoms with Gasteiger partial charge in [0.2, 0.25) is 0 Å². The van der Waals surface area contributed by atoms with Crippen LogP contribution in [0.15, 0.2) is 6.20 Å². The quantitative estimate of drug-likeness (QED) is 0.806. The monoisotopic (exact) mass is 209 g/mol. The summed E-state index contributed by atoms with van der Waals surface area (Å²) in [6.07, 6.45) is 3.20. The lowest BCUT2D eigenvalue weighted by molar-refractivity contribution is 0.550. The zero-order valence-corrected chi connectivity index (χ0v) is 10.5. The van der Waals surface area contributed by atoms with E-state index in [0.29, 0.717) is 12.0 Å². The molecule has 15 heavy (non-hydrogen) atoms. The highest BCUT2D eigenvalue weighted by Crippen LogP contribution is 2.18. The number of nitrogens with one attached hydrogen (secondary N) is 1. The van der Waals surface area contributed by atoms with Crippen molar-refractivity contribution in [1.29, 1.82) is 0 Å². The Morgan fingerprint density at radius 2 is 2.00 bits per heavy atom. The molecule has 1 aromatic heterocycles. The molecule has 0 aliphatic carbocycles. The molecule has 0 amide bonds. The van der Waals surface area contributed by atoms with Crippen LogP contribution in [-0.4, -0.2) is 23.1 Å². The number of hydrogen-bond acceptors (Lipinski definition) is 2. The first kappa shape index (κ1) is 12.2. The predicted octanol–water partition coefficient (Wildman–Crippen LogP) is 2.35. The third kappa shape index (κ3) is 3.06. The van der Waals surface area contributed by atoms with Gasteiger partial charge in [-0.05, 0) is 20.9 Å². The summed E-state index contributed by atoms with van der Waals surface area (Å²) in [4.78, 5) is 4.69. The van der Waals surface area contributed by atoms with Gasteiger partial charge in [0.15, 0.2) is 0 Å². The lowest BCUT2D eigenvalue weighted by atomic mass is 10.2. The first-order chi connectivity index (χ1) is 7.06. The van der Waals surface area contributed by atoms with E-state index in [0.717, 1.165) is 13.0 Å². The van der Waals surface area contributed by atoms with Gasteiger partial charge in [0.05, 0.1) is 5.69 Å². The van der Waals surface area contributed by atoms with Crippen LogP contribution in [0.5, 0.6) is 0 Å². The standard InChI is InChI=1S/C12H23N3/c1-9(2)12-14-11(6-7-13-5)8-15(12)10(3)4/h8-10,13H,6-7H2,1-5H3. The van der Waals surface area contributed by atoms with Crippen LogP contribution >= 0.6 is 0 Å². The van der Waals surface area contributed by atoms with E-state index in [1.807, 2.05) is 7.05 Å². The van der Waals surface area contributed by atoms with Gasteiger partial charge in [-0.2, -0.15) is 0 Å². The fourth-order valence-electron chi connectivity index (χ4n) is 1.67. The Balaban J connectivity index is 2.88. The van der Waals surface area contributed by atoms with E-state index < -0.39 is 0 Å². The smallest absolute Gasteiger partial charge is 0.111 e. The average molecular weight is 209 g/mol. The van der Waals surface area contributed by atoms with Gasteiger partial charge in [-0.15, -0.1) is 0 Å². The molecule has 1 rings (SSSR count). The van der Waals surface area contributed by atoms with Crippen LogP contribution in [-0.2, 0) is 6.42 Å². The zero-order valence-electron chi connectivity index (χ0n) is 10.5. The summed E-state index contributed by atoms with van der Waals surface area (Å²) in [5, 5.41) is 3.15. The normalized spacial score (nSPS) is 11.7. The first-order valence-electron chi connectivity index (χ1n) is 5.78. The van der Waals surface area contributed by atoms with Crippen LogP contribution in [0.1, 0.15) is 51.2 Å². The van der Waals surface area contributed by atoms with Crippen molar-refractivity contribution in [1.82, 2.24) is 14.9 Å². The molecular weight excluding hydrogens is 186 g/mol. The largest absolute Gasteiger partial charge is 0.332 e. The van der Waals surface area contributed by atoms with Gasteiger partial charge in [-0.3, -0.25) is 0 Å². The van der Waals surface area contributed by atoms with Gasteiger partial charge < -0.3 is 9.88 Å². The van der Waals surface area contributed by atoms with Crippen molar-refractivity contribution >= 4 is 0 Å². The molecule has 0 radical (unpaired) electrons. The fourth-order valence-corrected chi connectivity index (χ4v) is 1.67. The van der Waals surface area contributed by atoms with Crippen molar-refractivity contribution in [2.75, 3.05) is 13.6 Å². The Morgan fingerprint density at radius 3 is 2.40 bits per heavy atom. The summed E-state index contributed by atoms with van der Waals surface area (Å²) in [6, 6.07) is 0.498. The zero-order chi connectivity index (χ0) is 11.4. The van der Waals surface area contributed by atoms with Crippen LogP contribution in [0.4, 0.5) is 0 Å². The summed E-state index contributed by atoms with van der Waals surface area (Å²) in [7, 11) is 1.97. The van der Waals surface area contributed by atoms with E-state index in [9.17, 15) is 0 Å². The molecule has 0 atom stereocenters. The molecule has 0 saturated carbocycles. The number of hydrogen-bond donors (Lipinski definition) is 1. The number of aromatic nitrogens is 2. The molecule has 0 aliphatic rings. The van der Waals surface area contributed by atoms with E-state index in [-0.39, 0.29) is 0 Å². The SMILES string of the molecule is CNCCc1cn(C(C)C)c(C(C)C)n1. The van der Waals surface area contributed by atoms with Gasteiger partial charge in [0.1, 0.15) is 5.82 Å². The minimum absolute atomic E-state index is 0.496. The Labute approximate surface area is 92.9 Å². The van der Waals surface area contributed by atoms with Crippen LogP contribution in [0.3, 0.4) is 0 Å². The van der Waals surface area contributed by atoms with Crippen molar-refractivity contribution in [3.05, 3.63) is 17.7 Å². The van der Waals surface area contributed by atoms with Gasteiger partial charge in [0, 0.05) is 31.1 Å². The van der Waals surface area contributed by atoms with E-state index in [1.54, 1.807) is 0 Å². The van der Waals surface area contributed by atoms with E-state index in [1.165, 1.54) is 11.5 Å². The van der Waals surface area contributed by atoms with Crippen molar-refractivity contribution in [3.63, 3.8) is 0 Å². The van der Waals surface area contributed by atoms with Crippen molar-refractivity contribution in [2.24, 2.45) is 0 Å². The summed E-state index contributed by atoms with van der Waals surface area (Å²) in [5.41, 5.74) is 1.20. The molecule has 0 unspecified atom stereocenters. The predicted molar refractivity (Wildman–Crippen MR) is 64.3 cm³/mol. The maximum atomic E-state index is 4.69. The molecule has 0 bridgehead atoms. The van der Waals surface area contributed by atoms with Crippen LogP contribution in [0, 0.1) is 0 Å². The van der Waals surface area contributed by atoms with Crippen molar-refractivity contribution < 1.29 is 0 Å². The molecule has 1 aromatic rings. The molecule has 0 spiro atoms. The highest BCUT2D eigenvalue weighted by Gasteiger charge is 2.12. The topological polar surface area (TPSA) is 29.9 Å². The second-order valence-electron chi connectivity index (χ2n) is 4.60. The summed E-state index contributed by atoms with van der Waals surface area (Å²) in [6.45, 7) is 9.80. The molecule has 0 saturated heterocycles. The molecule has 0 aromatic carbocycles. The third-order valence-corrected chi connectivity index (χ3v) is 2.51. The van der Waals surface area contributed by atoms with E-state index >= 15 is 0 Å². The van der Waals surface area contributed by atoms with Gasteiger partial charge in [0.25, 0.3) is 0 Å². The molecule has 86 valence electrons. The Kier molecular flexibility index (Phi) is 4.33. The highest BCUT2D eigenvalue weighted by molar-refractivity contribution is 5.08. The summed E-state index contributed by atoms with van der Waals surface area (Å²) >= 11 is 0. The van der Waals surface area contributed by atoms with Gasteiger partial charge in [-0.25, -0.2) is 4.98 Å². The lowest BCUT2D eigenvalue weighted by Crippen LogP contribution is -2.10. The van der Waals surface area contributed by atoms with Crippen molar-refractivity contribution in [2.45, 2.75) is 46.1 Å². The number of rotatable bonds is 5. The molecule has 1 N–H and O–H groups in total. The number of nitrogens with zero attached hydrogens (tertiary/aromatic N) is 2. The molecule has 0 aliphatic heterocycles. The molecule has 1 heterocycles. The van der Waals surface area contributed by atoms with Crippen LogP contribution in [0.25, 0.3) is 0 Å². The van der Waals surface area contributed by atoms with E-state index in [2.05, 4.69) is 43.8 Å². The van der Waals surface area contributed by atoms with Gasteiger partial charge in [-0.1, -0.05) is 13.8 Å². The first-order valence-corrected chi connectivity index (χ1v) is 5.78. The highest BCUT2D eigenvalue weighted by atomic mass is 15.1. The maximum absolute atomic E-state index is 4.69. The minimum Gasteiger partial charge on any atom is -0.332 e. The Hall–Kier alpha value is -0.830. The number of likely N-dealkylation sites (N-methyl/N-ethyl adjacent to an activating group) is 1. The Morgan fingerprint density at radius 1 is 1.33 bits per heavy atom. The fraction of sp³-hybridized carbons (Fsp3) is 0.750. The van der Waals surface area contributed by atoms with Crippen LogP contribution in [0.2, 0.25) is 0 Å². The maximum Gasteiger partial charge on any atom is 0.111 e. The summed E-state index contributed by atoms with van der Waals surface area (Å²) in [5.74, 6) is 1.70. The van der Waals surface area contributed by atoms with E-state index in [4.69, 9.17) is 4.98 Å². The van der Waals surface area contributed by atoms with Crippen molar-refractivity contribution in [3.8, 4) is 0 Å². The summed E-state index contributed by atoms with van der Waals surface area (Å²) < 4.78 is 2.29. The molecule has 3 nitrogen and oxygen atoms in total. The third-order valence-electron chi connectivity index (χ3n) is 2.51. The molecule has 0 fully saturated rings. The molecular formula is C12H23N3. The Bertz CT molecular complexity index is 274. The lowest BCUT2D eigenvalue weighted by Gasteiger charge is -2.13. The van der Waals surface area contributed by atoms with Crippen LogP contribution < -0.4 is 5.32 Å².